The molecule has 35 heavy (non-hydrogen) atoms. The van der Waals surface area contributed by atoms with Crippen molar-refractivity contribution in [1.29, 1.82) is 0 Å². The average Bonchev–Trinajstić information content (AvgIpc) is 3.61. The Bertz CT molecular complexity index is 1200. The molecular formula is C27H29N3O5. The highest BCUT2D eigenvalue weighted by Crippen LogP contribution is 2.56. The number of carbonyl (C=O) groups is 4. The molecule has 2 saturated carbocycles. The summed E-state index contributed by atoms with van der Waals surface area (Å²) in [5.41, 5.74) is 1.10. The van der Waals surface area contributed by atoms with Gasteiger partial charge in [0.25, 0.3) is 5.91 Å². The van der Waals surface area contributed by atoms with Gasteiger partial charge in [-0.05, 0) is 43.6 Å². The van der Waals surface area contributed by atoms with E-state index in [-0.39, 0.29) is 30.0 Å². The predicted octanol–water partition coefficient (Wildman–Crippen LogP) is 3.12. The largest absolute Gasteiger partial charge is 0.424 e. The fourth-order valence-electron chi connectivity index (χ4n) is 6.71. The van der Waals surface area contributed by atoms with Crippen LogP contribution >= 0.6 is 0 Å². The van der Waals surface area contributed by atoms with Crippen molar-refractivity contribution in [1.82, 2.24) is 9.80 Å². The number of nitrogens with zero attached hydrogens (tertiary/aromatic N) is 3. The van der Waals surface area contributed by atoms with Gasteiger partial charge in [0.05, 0.1) is 11.8 Å². The van der Waals surface area contributed by atoms with E-state index in [1.54, 1.807) is 0 Å². The van der Waals surface area contributed by atoms with Crippen LogP contribution in [0, 0.1) is 23.7 Å². The fourth-order valence-corrected chi connectivity index (χ4v) is 6.71. The van der Waals surface area contributed by atoms with Crippen LogP contribution in [-0.2, 0) is 25.5 Å². The van der Waals surface area contributed by atoms with Crippen LogP contribution in [0.15, 0.2) is 46.5 Å². The molecule has 8 nitrogen and oxygen atoms in total. The van der Waals surface area contributed by atoms with Crippen LogP contribution in [0.2, 0.25) is 0 Å². The Hall–Kier alpha value is -3.29. The van der Waals surface area contributed by atoms with Crippen LogP contribution in [-0.4, -0.2) is 58.6 Å². The molecule has 0 spiro atoms. The van der Waals surface area contributed by atoms with Gasteiger partial charge in [-0.1, -0.05) is 42.8 Å². The molecule has 0 aromatic heterocycles. The highest BCUT2D eigenvalue weighted by Gasteiger charge is 2.70. The summed E-state index contributed by atoms with van der Waals surface area (Å²) >= 11 is 0. The number of hydrogen-bond donors (Lipinski definition) is 0. The molecule has 1 aromatic carbocycles. The summed E-state index contributed by atoms with van der Waals surface area (Å²) in [5.74, 6) is -1.79. The molecule has 4 fully saturated rings. The zero-order valence-electron chi connectivity index (χ0n) is 20.0. The van der Waals surface area contributed by atoms with Crippen molar-refractivity contribution < 1.29 is 23.9 Å². The van der Waals surface area contributed by atoms with E-state index >= 15 is 0 Å². The van der Waals surface area contributed by atoms with E-state index < -0.39 is 29.4 Å². The SMILES string of the molecule is CCC1=C2CC[C@H]3C(=O)N(C)C(=O)[C@H]3[C@H]2[C@@]2(Cc3ccccc3)C(=NCC3CC3)OC(=O)N2C1=O. The number of fused-ring (bicyclic) bond motifs is 5. The van der Waals surface area contributed by atoms with Crippen molar-refractivity contribution in [2.24, 2.45) is 28.7 Å². The number of likely N-dealkylation sites (tertiary alicyclic amines) is 1. The average molecular weight is 476 g/mol. The maximum atomic E-state index is 13.8. The zero-order valence-corrected chi connectivity index (χ0v) is 20.0. The number of amides is 4. The molecule has 0 radical (unpaired) electrons. The Morgan fingerprint density at radius 1 is 1.06 bits per heavy atom. The topological polar surface area (TPSA) is 96.3 Å². The van der Waals surface area contributed by atoms with Gasteiger partial charge in [0, 0.05) is 31.5 Å². The standard InChI is InChI=1S/C27H29N3O5/c1-3-17-18-11-12-19-20(24(33)29(2)22(19)31)21(18)27(13-15-7-5-4-6-8-15)25(28-14-16-9-10-16)35-26(34)30(27)23(17)32/h4-8,16,19-21H,3,9-14H2,1-2H3/t19-,20-,21+,27+/m1/s1. The summed E-state index contributed by atoms with van der Waals surface area (Å²) in [6.45, 7) is 2.42. The van der Waals surface area contributed by atoms with Crippen molar-refractivity contribution in [2.45, 2.75) is 51.0 Å². The molecule has 4 amide bonds. The molecule has 1 aromatic rings. The van der Waals surface area contributed by atoms with E-state index in [4.69, 9.17) is 9.73 Å². The molecular weight excluding hydrogens is 446 g/mol. The van der Waals surface area contributed by atoms with E-state index in [2.05, 4.69) is 0 Å². The molecule has 3 heterocycles. The summed E-state index contributed by atoms with van der Waals surface area (Å²) in [7, 11) is 1.53. The monoisotopic (exact) mass is 475 g/mol. The third kappa shape index (κ3) is 3.08. The molecule has 182 valence electrons. The van der Waals surface area contributed by atoms with E-state index in [1.807, 2.05) is 37.3 Å². The van der Waals surface area contributed by atoms with Gasteiger partial charge >= 0.3 is 6.09 Å². The second-order valence-electron chi connectivity index (χ2n) is 10.4. The van der Waals surface area contributed by atoms with Gasteiger partial charge in [0.15, 0.2) is 0 Å². The smallest absolute Gasteiger partial charge is 0.393 e. The van der Waals surface area contributed by atoms with Gasteiger partial charge in [0.2, 0.25) is 17.7 Å². The highest BCUT2D eigenvalue weighted by atomic mass is 16.6. The molecule has 0 bridgehead atoms. The fraction of sp³-hybridized carbons (Fsp3) is 0.519. The van der Waals surface area contributed by atoms with Crippen LogP contribution in [0.25, 0.3) is 0 Å². The third-order valence-corrected chi connectivity index (χ3v) is 8.52. The first kappa shape index (κ1) is 22.2. The van der Waals surface area contributed by atoms with Crippen molar-refractivity contribution in [3.05, 3.63) is 47.0 Å². The Balaban J connectivity index is 1.61. The number of hydrogen-bond acceptors (Lipinski definition) is 6. The minimum absolute atomic E-state index is 0.183. The minimum atomic E-state index is -1.26. The molecule has 2 saturated heterocycles. The lowest BCUT2D eigenvalue weighted by Crippen LogP contribution is -2.65. The van der Waals surface area contributed by atoms with Gasteiger partial charge in [-0.25, -0.2) is 9.69 Å². The van der Waals surface area contributed by atoms with Gasteiger partial charge in [-0.3, -0.25) is 24.3 Å². The van der Waals surface area contributed by atoms with Crippen molar-refractivity contribution >= 4 is 29.7 Å². The minimum Gasteiger partial charge on any atom is -0.393 e. The van der Waals surface area contributed by atoms with Crippen LogP contribution < -0.4 is 0 Å². The normalized spacial score (nSPS) is 33.3. The Labute approximate surface area is 204 Å². The maximum Gasteiger partial charge on any atom is 0.424 e. The maximum absolute atomic E-state index is 13.8. The Morgan fingerprint density at radius 3 is 2.49 bits per heavy atom. The quantitative estimate of drug-likeness (QED) is 0.610. The van der Waals surface area contributed by atoms with E-state index in [0.29, 0.717) is 37.3 Å². The molecule has 0 N–H and O–H groups in total. The first-order chi connectivity index (χ1) is 16.9. The van der Waals surface area contributed by atoms with Crippen molar-refractivity contribution in [3.8, 4) is 0 Å². The number of aliphatic imine (C=N–C) groups is 1. The van der Waals surface area contributed by atoms with E-state index in [0.717, 1.165) is 24.0 Å². The number of rotatable bonds is 5. The van der Waals surface area contributed by atoms with Crippen LogP contribution in [0.3, 0.4) is 0 Å². The van der Waals surface area contributed by atoms with Crippen molar-refractivity contribution in [3.63, 3.8) is 0 Å². The molecule has 5 aliphatic rings. The lowest BCUT2D eigenvalue weighted by Gasteiger charge is -2.50. The predicted molar refractivity (Wildman–Crippen MR) is 126 cm³/mol. The summed E-state index contributed by atoms with van der Waals surface area (Å²) in [5, 5.41) is 0. The molecule has 8 heteroatoms. The van der Waals surface area contributed by atoms with E-state index in [9.17, 15) is 19.2 Å². The van der Waals surface area contributed by atoms with Gasteiger partial charge in [-0.15, -0.1) is 0 Å². The number of imide groups is 2. The van der Waals surface area contributed by atoms with E-state index in [1.165, 1.54) is 16.8 Å². The molecule has 3 aliphatic heterocycles. The second-order valence-corrected chi connectivity index (χ2v) is 10.4. The zero-order chi connectivity index (χ0) is 24.5. The third-order valence-electron chi connectivity index (χ3n) is 8.52. The van der Waals surface area contributed by atoms with Crippen LogP contribution in [0.5, 0.6) is 0 Å². The van der Waals surface area contributed by atoms with Crippen molar-refractivity contribution in [2.75, 3.05) is 13.6 Å². The van der Waals surface area contributed by atoms with Gasteiger partial charge in [-0.2, -0.15) is 0 Å². The van der Waals surface area contributed by atoms with Gasteiger partial charge < -0.3 is 4.74 Å². The van der Waals surface area contributed by atoms with Crippen LogP contribution in [0.1, 0.15) is 44.6 Å². The summed E-state index contributed by atoms with van der Waals surface area (Å²) in [6.07, 6.45) is 3.22. The molecule has 4 atom stereocenters. The number of cyclic esters (lactones) is 1. The first-order valence-electron chi connectivity index (χ1n) is 12.6. The Kier molecular flexibility index (Phi) is 4.99. The second kappa shape index (κ2) is 7.86. The molecule has 0 unspecified atom stereocenters. The summed E-state index contributed by atoms with van der Waals surface area (Å²) in [4.78, 5) is 61.0. The number of ether oxygens (including phenoxy) is 1. The lowest BCUT2D eigenvalue weighted by atomic mass is 9.58. The lowest BCUT2D eigenvalue weighted by molar-refractivity contribution is -0.140. The van der Waals surface area contributed by atoms with Gasteiger partial charge in [0.1, 0.15) is 5.54 Å². The number of benzene rings is 1. The summed E-state index contributed by atoms with van der Waals surface area (Å²) in [6, 6.07) is 9.64. The summed E-state index contributed by atoms with van der Waals surface area (Å²) < 4.78 is 5.79. The molecule has 6 rings (SSSR count). The Morgan fingerprint density at radius 2 is 1.80 bits per heavy atom. The number of carbonyl (C=O) groups excluding carboxylic acids is 4. The molecule has 2 aliphatic carbocycles. The highest BCUT2D eigenvalue weighted by molar-refractivity contribution is 6.17. The van der Waals surface area contributed by atoms with Crippen LogP contribution in [0.4, 0.5) is 4.79 Å². The first-order valence-corrected chi connectivity index (χ1v) is 12.6.